The molecule has 2 heteroatoms. The highest BCUT2D eigenvalue weighted by Crippen LogP contribution is 2.21. The van der Waals surface area contributed by atoms with Crippen molar-refractivity contribution in [3.05, 3.63) is 90.0 Å². The maximum Gasteiger partial charge on any atom is 0.425 e. The second-order valence-electron chi connectivity index (χ2n) is 5.72. The molecule has 0 atom stereocenters. The summed E-state index contributed by atoms with van der Waals surface area (Å²) >= 11 is 0. The highest BCUT2D eigenvalue weighted by atomic mass is 16.2. The smallest absolute Gasteiger partial charge is 0.214 e. The van der Waals surface area contributed by atoms with Gasteiger partial charge in [-0.15, -0.1) is 4.57 Å². The summed E-state index contributed by atoms with van der Waals surface area (Å²) in [6.45, 7) is 2.08. The third-order valence-electron chi connectivity index (χ3n) is 4.24. The molecule has 0 N–H and O–H groups in total. The average molecular weight is 298 g/mol. The van der Waals surface area contributed by atoms with Gasteiger partial charge in [-0.05, 0) is 36.8 Å². The molecule has 23 heavy (non-hydrogen) atoms. The van der Waals surface area contributed by atoms with Crippen molar-refractivity contribution in [1.82, 2.24) is 0 Å². The molecule has 0 fully saturated rings. The van der Waals surface area contributed by atoms with Crippen molar-refractivity contribution in [2.45, 2.75) is 6.92 Å². The van der Waals surface area contributed by atoms with Crippen LogP contribution in [0.3, 0.4) is 0 Å². The summed E-state index contributed by atoms with van der Waals surface area (Å²) in [6, 6.07) is 25.7. The van der Waals surface area contributed by atoms with E-state index in [0.717, 1.165) is 21.8 Å². The quantitative estimate of drug-likeness (QED) is 0.379. The van der Waals surface area contributed by atoms with Gasteiger partial charge in [0.2, 0.25) is 11.0 Å². The van der Waals surface area contributed by atoms with Crippen LogP contribution in [0, 0.1) is 6.92 Å². The zero-order valence-electron chi connectivity index (χ0n) is 12.9. The third-order valence-corrected chi connectivity index (χ3v) is 4.24. The number of carbonyl (C=O) groups is 1. The summed E-state index contributed by atoms with van der Waals surface area (Å²) in [5, 5.41) is 2.18. The van der Waals surface area contributed by atoms with Crippen molar-refractivity contribution in [3.63, 3.8) is 0 Å². The van der Waals surface area contributed by atoms with Gasteiger partial charge >= 0.3 is 5.91 Å². The summed E-state index contributed by atoms with van der Waals surface area (Å²) in [5.41, 5.74) is 3.73. The number of fused-ring (bicyclic) bond motifs is 2. The molecule has 0 saturated carbocycles. The lowest BCUT2D eigenvalue weighted by Gasteiger charge is -2.06. The minimum atomic E-state index is -0.00185. The second-order valence-corrected chi connectivity index (χ2v) is 5.72. The van der Waals surface area contributed by atoms with Gasteiger partial charge in [0.05, 0.1) is 10.9 Å². The van der Waals surface area contributed by atoms with Crippen LogP contribution < -0.4 is 4.57 Å². The fraction of sp³-hybridized carbons (Fsp3) is 0.0476. The minimum Gasteiger partial charge on any atom is -0.214 e. The molecule has 0 radical (unpaired) electrons. The van der Waals surface area contributed by atoms with Crippen molar-refractivity contribution >= 4 is 27.7 Å². The van der Waals surface area contributed by atoms with Gasteiger partial charge < -0.3 is 0 Å². The predicted octanol–water partition coefficient (Wildman–Crippen LogP) is 4.28. The van der Waals surface area contributed by atoms with Crippen molar-refractivity contribution < 1.29 is 9.36 Å². The van der Waals surface area contributed by atoms with Gasteiger partial charge in [-0.25, -0.2) is 4.79 Å². The molecule has 1 heterocycles. The van der Waals surface area contributed by atoms with Gasteiger partial charge in [0.15, 0.2) is 0 Å². The number of para-hydroxylation sites is 1. The van der Waals surface area contributed by atoms with E-state index in [1.165, 1.54) is 5.56 Å². The van der Waals surface area contributed by atoms with Gasteiger partial charge in [-0.2, -0.15) is 0 Å². The van der Waals surface area contributed by atoms with Crippen LogP contribution in [0.4, 0.5) is 0 Å². The van der Waals surface area contributed by atoms with Crippen LogP contribution in [0.5, 0.6) is 0 Å². The standard InChI is InChI=1S/C21H16NO/c1-15-8-7-13-20-18(15)14-17-11-5-6-12-19(17)22(20)21(23)16-9-3-2-4-10-16/h2-14H,1H3/q+1. The fourth-order valence-electron chi connectivity index (χ4n) is 3.08. The van der Waals surface area contributed by atoms with E-state index in [1.807, 2.05) is 65.2 Å². The molecule has 3 aromatic carbocycles. The second kappa shape index (κ2) is 5.33. The van der Waals surface area contributed by atoms with E-state index in [9.17, 15) is 4.79 Å². The normalized spacial score (nSPS) is 11.0. The monoisotopic (exact) mass is 298 g/mol. The summed E-state index contributed by atoms with van der Waals surface area (Å²) in [7, 11) is 0. The van der Waals surface area contributed by atoms with Crippen LogP contribution in [0.15, 0.2) is 78.9 Å². The van der Waals surface area contributed by atoms with Gasteiger partial charge in [0, 0.05) is 17.5 Å². The fourth-order valence-corrected chi connectivity index (χ4v) is 3.08. The molecule has 1 aromatic heterocycles. The number of carbonyl (C=O) groups excluding carboxylic acids is 1. The van der Waals surface area contributed by atoms with Crippen LogP contribution >= 0.6 is 0 Å². The Kier molecular flexibility index (Phi) is 3.16. The van der Waals surface area contributed by atoms with E-state index in [2.05, 4.69) is 25.1 Å². The summed E-state index contributed by atoms with van der Waals surface area (Å²) < 4.78 is 1.83. The first-order chi connectivity index (χ1) is 11.3. The first-order valence-corrected chi connectivity index (χ1v) is 7.68. The van der Waals surface area contributed by atoms with Gasteiger partial charge in [-0.1, -0.05) is 42.5 Å². The Morgan fingerprint density at radius 3 is 2.30 bits per heavy atom. The summed E-state index contributed by atoms with van der Waals surface area (Å²) in [4.78, 5) is 13.1. The first-order valence-electron chi connectivity index (χ1n) is 7.68. The number of hydrogen-bond donors (Lipinski definition) is 0. The average Bonchev–Trinajstić information content (AvgIpc) is 2.61. The van der Waals surface area contributed by atoms with Crippen molar-refractivity contribution in [2.75, 3.05) is 0 Å². The Morgan fingerprint density at radius 2 is 1.48 bits per heavy atom. The van der Waals surface area contributed by atoms with Crippen molar-refractivity contribution in [1.29, 1.82) is 0 Å². The Labute approximate surface area is 134 Å². The topological polar surface area (TPSA) is 20.9 Å². The molecule has 2 nitrogen and oxygen atoms in total. The van der Waals surface area contributed by atoms with Crippen LogP contribution in [0.25, 0.3) is 21.8 Å². The third kappa shape index (κ3) is 2.20. The molecule has 0 aliphatic rings. The highest BCUT2D eigenvalue weighted by Gasteiger charge is 2.25. The lowest BCUT2D eigenvalue weighted by molar-refractivity contribution is -0.513. The van der Waals surface area contributed by atoms with Crippen LogP contribution in [0.2, 0.25) is 0 Å². The van der Waals surface area contributed by atoms with E-state index in [0.29, 0.717) is 5.56 Å². The first kappa shape index (κ1) is 13.6. The van der Waals surface area contributed by atoms with Crippen LogP contribution in [-0.4, -0.2) is 5.91 Å². The lowest BCUT2D eigenvalue weighted by Crippen LogP contribution is -2.44. The maximum atomic E-state index is 13.1. The molecule has 0 amide bonds. The van der Waals surface area contributed by atoms with E-state index in [-0.39, 0.29) is 5.91 Å². The van der Waals surface area contributed by atoms with Crippen LogP contribution in [0.1, 0.15) is 15.9 Å². The molecule has 0 saturated heterocycles. The van der Waals surface area contributed by atoms with E-state index < -0.39 is 0 Å². The number of aryl methyl sites for hydroxylation is 1. The lowest BCUT2D eigenvalue weighted by atomic mass is 10.0. The van der Waals surface area contributed by atoms with Gasteiger partial charge in [-0.3, -0.25) is 0 Å². The zero-order chi connectivity index (χ0) is 15.8. The molecular weight excluding hydrogens is 282 g/mol. The predicted molar refractivity (Wildman–Crippen MR) is 92.6 cm³/mol. The Morgan fingerprint density at radius 1 is 0.783 bits per heavy atom. The Hall–Kier alpha value is -3.00. The van der Waals surface area contributed by atoms with E-state index >= 15 is 0 Å². The highest BCUT2D eigenvalue weighted by molar-refractivity contribution is 5.97. The Bertz CT molecular complexity index is 1040. The molecule has 0 spiro atoms. The SMILES string of the molecule is Cc1cccc2c1cc1ccccc1[n+]2C(=O)c1ccccc1. The number of pyridine rings is 1. The minimum absolute atomic E-state index is 0.00185. The molecule has 0 aliphatic heterocycles. The van der Waals surface area contributed by atoms with Gasteiger partial charge in [0.25, 0.3) is 0 Å². The molecule has 4 aromatic rings. The molecule has 0 aliphatic carbocycles. The van der Waals surface area contributed by atoms with E-state index in [4.69, 9.17) is 0 Å². The van der Waals surface area contributed by atoms with Crippen LogP contribution in [-0.2, 0) is 0 Å². The van der Waals surface area contributed by atoms with Crippen molar-refractivity contribution in [3.8, 4) is 0 Å². The Balaban J connectivity index is 2.14. The largest absolute Gasteiger partial charge is 0.425 e. The number of rotatable bonds is 1. The number of benzene rings is 3. The maximum absolute atomic E-state index is 13.1. The van der Waals surface area contributed by atoms with E-state index in [1.54, 1.807) is 0 Å². The number of nitrogens with zero attached hydrogens (tertiary/aromatic N) is 1. The molecule has 110 valence electrons. The molecule has 4 rings (SSSR count). The van der Waals surface area contributed by atoms with Gasteiger partial charge in [0.1, 0.15) is 0 Å². The molecule has 0 unspecified atom stereocenters. The molecular formula is C21H16NO+. The number of aromatic nitrogens is 1. The van der Waals surface area contributed by atoms with Crippen molar-refractivity contribution in [2.24, 2.45) is 0 Å². The molecule has 0 bridgehead atoms. The summed E-state index contributed by atoms with van der Waals surface area (Å²) in [6.07, 6.45) is 0. The summed E-state index contributed by atoms with van der Waals surface area (Å²) in [5.74, 6) is -0.00185. The zero-order valence-corrected chi connectivity index (χ0v) is 12.9. The number of hydrogen-bond acceptors (Lipinski definition) is 1.